The van der Waals surface area contributed by atoms with Crippen LogP contribution in [0.4, 0.5) is 15.8 Å². The lowest BCUT2D eigenvalue weighted by Crippen LogP contribution is -2.24. The Morgan fingerprint density at radius 3 is 2.60 bits per heavy atom. The Balaban J connectivity index is 1.84. The van der Waals surface area contributed by atoms with Gasteiger partial charge in [-0.15, -0.1) is 10.2 Å². The van der Waals surface area contributed by atoms with Crippen molar-refractivity contribution in [2.75, 3.05) is 19.4 Å². The average Bonchev–Trinajstić information content (AvgIpc) is 3.28. The highest BCUT2D eigenvalue weighted by Crippen LogP contribution is 2.42. The smallest absolute Gasteiger partial charge is 0.262 e. The molecule has 8 nitrogen and oxygen atoms in total. The summed E-state index contributed by atoms with van der Waals surface area (Å²) >= 11 is 4.66. The van der Waals surface area contributed by atoms with E-state index in [1.807, 2.05) is 36.4 Å². The number of benzene rings is 2. The summed E-state index contributed by atoms with van der Waals surface area (Å²) < 4.78 is 0.266. The molecule has 0 fully saturated rings. The fourth-order valence-electron chi connectivity index (χ4n) is 3.01. The molecule has 0 saturated carbocycles. The van der Waals surface area contributed by atoms with E-state index in [2.05, 4.69) is 36.5 Å². The molecule has 0 bridgehead atoms. The van der Waals surface area contributed by atoms with Crippen molar-refractivity contribution in [2.45, 2.75) is 0 Å². The van der Waals surface area contributed by atoms with Crippen molar-refractivity contribution in [3.8, 4) is 17.3 Å². The summed E-state index contributed by atoms with van der Waals surface area (Å²) in [5, 5.41) is 22.4. The number of azo groups is 1. The Morgan fingerprint density at radius 1 is 1.20 bits per heavy atom. The van der Waals surface area contributed by atoms with Gasteiger partial charge in [-0.25, -0.2) is 4.98 Å². The number of halogens is 1. The lowest BCUT2D eigenvalue weighted by molar-refractivity contribution is 0.0693. The number of hydrogen-bond donors (Lipinski definition) is 1. The summed E-state index contributed by atoms with van der Waals surface area (Å²) in [7, 11) is 3.16. The molecule has 0 unspecified atom stereocenters. The molecule has 0 radical (unpaired) electrons. The Labute approximate surface area is 184 Å². The molecule has 1 aliphatic rings. The number of imide groups is 1. The Hall–Kier alpha value is -3.42. The van der Waals surface area contributed by atoms with Crippen LogP contribution in [0.2, 0.25) is 0 Å². The maximum atomic E-state index is 12.4. The molecule has 2 aromatic carbocycles. The molecule has 1 aliphatic heterocycles. The number of aromatic nitrogens is 1. The highest BCUT2D eigenvalue weighted by Gasteiger charge is 2.37. The number of fused-ring (bicyclic) bond motifs is 1. The van der Waals surface area contributed by atoms with Crippen molar-refractivity contribution in [3.63, 3.8) is 0 Å². The van der Waals surface area contributed by atoms with Crippen LogP contribution in [0, 0.1) is 11.3 Å². The second-order valence-corrected chi connectivity index (χ2v) is 8.05. The minimum Gasteiger partial charge on any atom is -0.365 e. The molecule has 0 aliphatic carbocycles. The van der Waals surface area contributed by atoms with Crippen molar-refractivity contribution in [1.82, 2.24) is 9.88 Å². The highest BCUT2D eigenvalue weighted by atomic mass is 79.9. The minimum atomic E-state index is -0.456. The van der Waals surface area contributed by atoms with Crippen LogP contribution in [0.1, 0.15) is 26.3 Å². The number of rotatable bonds is 4. The first-order chi connectivity index (χ1) is 14.5. The lowest BCUT2D eigenvalue weighted by atomic mass is 10.0. The standard InChI is InChI=1S/C20H13BrN6O2S/c1-23-20-24-16(10-6-4-3-5-7-10)17(30-20)26-25-15-11(9-22)8-12-13(14(15)21)19(29)27(2)18(12)28/h3-8H,1-2H3,(H,23,24). The molecule has 3 aromatic rings. The van der Waals surface area contributed by atoms with E-state index in [1.165, 1.54) is 24.5 Å². The molecule has 10 heteroatoms. The highest BCUT2D eigenvalue weighted by molar-refractivity contribution is 9.10. The van der Waals surface area contributed by atoms with E-state index >= 15 is 0 Å². The summed E-state index contributed by atoms with van der Waals surface area (Å²) in [6.45, 7) is 0. The van der Waals surface area contributed by atoms with Crippen LogP contribution in [-0.4, -0.2) is 35.8 Å². The zero-order valence-electron chi connectivity index (χ0n) is 15.8. The molecule has 0 saturated heterocycles. The summed E-state index contributed by atoms with van der Waals surface area (Å²) in [5.74, 6) is -0.911. The normalized spacial score (nSPS) is 13.1. The number of nitriles is 1. The van der Waals surface area contributed by atoms with E-state index in [0.717, 1.165) is 10.5 Å². The van der Waals surface area contributed by atoms with Gasteiger partial charge in [0.1, 0.15) is 17.5 Å². The van der Waals surface area contributed by atoms with Crippen molar-refractivity contribution in [2.24, 2.45) is 10.2 Å². The topological polar surface area (TPSA) is 111 Å². The van der Waals surface area contributed by atoms with Gasteiger partial charge in [-0.2, -0.15) is 5.26 Å². The van der Waals surface area contributed by atoms with Gasteiger partial charge in [-0.05, 0) is 22.0 Å². The monoisotopic (exact) mass is 480 g/mol. The molecule has 4 rings (SSSR count). The lowest BCUT2D eigenvalue weighted by Gasteiger charge is -2.05. The molecule has 0 spiro atoms. The number of carbonyl (C=O) groups excluding carboxylic acids is 2. The predicted octanol–water partition coefficient (Wildman–Crippen LogP) is 5.13. The first-order valence-corrected chi connectivity index (χ1v) is 10.3. The van der Waals surface area contributed by atoms with Gasteiger partial charge in [0.25, 0.3) is 11.8 Å². The molecule has 2 amide bonds. The average molecular weight is 481 g/mol. The molecule has 1 aromatic heterocycles. The van der Waals surface area contributed by atoms with Crippen LogP contribution < -0.4 is 5.32 Å². The summed E-state index contributed by atoms with van der Waals surface area (Å²) in [6, 6.07) is 12.9. The van der Waals surface area contributed by atoms with Crippen molar-refractivity contribution >= 4 is 54.9 Å². The first kappa shape index (κ1) is 19.9. The third-order valence-electron chi connectivity index (χ3n) is 4.53. The van der Waals surface area contributed by atoms with E-state index < -0.39 is 11.8 Å². The van der Waals surface area contributed by atoms with E-state index in [-0.39, 0.29) is 26.9 Å². The van der Waals surface area contributed by atoms with E-state index in [0.29, 0.717) is 15.8 Å². The van der Waals surface area contributed by atoms with Crippen LogP contribution in [-0.2, 0) is 0 Å². The first-order valence-electron chi connectivity index (χ1n) is 8.71. The molecule has 30 heavy (non-hydrogen) atoms. The summed E-state index contributed by atoms with van der Waals surface area (Å²) in [4.78, 5) is 30.2. The molecule has 1 N–H and O–H groups in total. The van der Waals surface area contributed by atoms with Crippen LogP contribution in [0.25, 0.3) is 11.3 Å². The SMILES string of the molecule is CNc1nc(-c2ccccc2)c(N=Nc2c(C#N)cc3c(c2Br)C(=O)N(C)C3=O)s1. The van der Waals surface area contributed by atoms with Gasteiger partial charge in [0.2, 0.25) is 0 Å². The van der Waals surface area contributed by atoms with Gasteiger partial charge >= 0.3 is 0 Å². The number of hydrogen-bond acceptors (Lipinski definition) is 8. The van der Waals surface area contributed by atoms with Gasteiger partial charge in [0.05, 0.1) is 21.2 Å². The van der Waals surface area contributed by atoms with Crippen LogP contribution in [0.15, 0.2) is 51.1 Å². The second kappa shape index (κ2) is 7.78. The molecular formula is C20H13BrN6O2S. The third kappa shape index (κ3) is 3.18. The van der Waals surface area contributed by atoms with Gasteiger partial charge in [-0.1, -0.05) is 41.7 Å². The van der Waals surface area contributed by atoms with Crippen molar-refractivity contribution in [3.05, 3.63) is 57.6 Å². The maximum Gasteiger partial charge on any atom is 0.262 e. The predicted molar refractivity (Wildman–Crippen MR) is 117 cm³/mol. The van der Waals surface area contributed by atoms with Crippen LogP contribution >= 0.6 is 27.3 Å². The number of amides is 2. The maximum absolute atomic E-state index is 12.4. The summed E-state index contributed by atoms with van der Waals surface area (Å²) in [6.07, 6.45) is 0. The molecule has 2 heterocycles. The van der Waals surface area contributed by atoms with Crippen molar-refractivity contribution in [1.29, 1.82) is 5.26 Å². The van der Waals surface area contributed by atoms with E-state index in [4.69, 9.17) is 0 Å². The Morgan fingerprint density at radius 2 is 1.93 bits per heavy atom. The second-order valence-electron chi connectivity index (χ2n) is 6.28. The van der Waals surface area contributed by atoms with Crippen molar-refractivity contribution < 1.29 is 9.59 Å². The zero-order valence-corrected chi connectivity index (χ0v) is 18.2. The van der Waals surface area contributed by atoms with Gasteiger partial charge < -0.3 is 5.32 Å². The van der Waals surface area contributed by atoms with Crippen LogP contribution in [0.3, 0.4) is 0 Å². The van der Waals surface area contributed by atoms with Gasteiger partial charge in [0.15, 0.2) is 10.1 Å². The summed E-state index contributed by atoms with van der Waals surface area (Å²) in [5.41, 5.74) is 2.20. The largest absolute Gasteiger partial charge is 0.365 e. The molecular weight excluding hydrogens is 468 g/mol. The number of nitrogens with one attached hydrogen (secondary N) is 1. The number of carbonyl (C=O) groups is 2. The van der Waals surface area contributed by atoms with E-state index in [1.54, 1.807) is 7.05 Å². The quantitative estimate of drug-likeness (QED) is 0.411. The number of thiazole rings is 1. The Kier molecular flexibility index (Phi) is 5.15. The zero-order chi connectivity index (χ0) is 21.4. The number of anilines is 1. The fraction of sp³-hybridized carbons (Fsp3) is 0.100. The Bertz CT molecular complexity index is 1260. The van der Waals surface area contributed by atoms with Gasteiger partial charge in [0, 0.05) is 19.7 Å². The number of nitrogens with zero attached hydrogens (tertiary/aromatic N) is 5. The fourth-order valence-corrected chi connectivity index (χ4v) is 4.45. The molecule has 0 atom stereocenters. The van der Waals surface area contributed by atoms with E-state index in [9.17, 15) is 14.9 Å². The van der Waals surface area contributed by atoms with Crippen LogP contribution in [0.5, 0.6) is 0 Å². The third-order valence-corrected chi connectivity index (χ3v) is 6.25. The van der Waals surface area contributed by atoms with Gasteiger partial charge in [-0.3, -0.25) is 14.5 Å². The molecule has 148 valence electrons. The minimum absolute atomic E-state index is 0.139.